The third kappa shape index (κ3) is 3.49. The number of aryl methyl sites for hydroxylation is 2. The molecule has 3 aromatic carbocycles. The first-order valence-corrected chi connectivity index (χ1v) is 9.76. The minimum atomic E-state index is 0.236. The van der Waals surface area contributed by atoms with Crippen LogP contribution in [0.15, 0.2) is 66.7 Å². The highest BCUT2D eigenvalue weighted by Crippen LogP contribution is 2.36. The van der Waals surface area contributed by atoms with Crippen LogP contribution in [0.1, 0.15) is 23.6 Å². The minimum Gasteiger partial charge on any atom is -0.508 e. The lowest BCUT2D eigenvalue weighted by molar-refractivity contribution is 0.475. The molecule has 0 aliphatic heterocycles. The second-order valence-corrected chi connectivity index (χ2v) is 7.32. The number of aromatic nitrogens is 2. The van der Waals surface area contributed by atoms with E-state index in [4.69, 9.17) is 5.10 Å². The van der Waals surface area contributed by atoms with Crippen LogP contribution in [0.5, 0.6) is 11.5 Å². The van der Waals surface area contributed by atoms with Crippen molar-refractivity contribution in [3.05, 3.63) is 83.4 Å². The van der Waals surface area contributed by atoms with Gasteiger partial charge >= 0.3 is 0 Å². The Hall–Kier alpha value is -3.53. The molecule has 0 unspecified atom stereocenters. The van der Waals surface area contributed by atoms with Gasteiger partial charge in [-0.15, -0.1) is 0 Å². The predicted octanol–water partition coefficient (Wildman–Crippen LogP) is 5.80. The van der Waals surface area contributed by atoms with E-state index in [0.717, 1.165) is 45.7 Å². The highest BCUT2D eigenvalue weighted by molar-refractivity contribution is 5.77. The maximum Gasteiger partial charge on any atom is 0.115 e. The zero-order valence-electron chi connectivity index (χ0n) is 16.8. The largest absolute Gasteiger partial charge is 0.508 e. The fourth-order valence-electron chi connectivity index (χ4n) is 3.77. The predicted molar refractivity (Wildman–Crippen MR) is 117 cm³/mol. The molecule has 2 N–H and O–H groups in total. The summed E-state index contributed by atoms with van der Waals surface area (Å²) in [5, 5.41) is 24.5. The molecule has 0 fully saturated rings. The summed E-state index contributed by atoms with van der Waals surface area (Å²) in [5.41, 5.74) is 8.38. The third-order valence-corrected chi connectivity index (χ3v) is 5.20. The van der Waals surface area contributed by atoms with Gasteiger partial charge in [0.15, 0.2) is 0 Å². The summed E-state index contributed by atoms with van der Waals surface area (Å²) in [4.78, 5) is 0. The number of rotatable bonds is 4. The average molecular weight is 384 g/mol. The van der Waals surface area contributed by atoms with Crippen molar-refractivity contribution in [2.75, 3.05) is 0 Å². The van der Waals surface area contributed by atoms with E-state index in [-0.39, 0.29) is 11.5 Å². The van der Waals surface area contributed by atoms with Crippen molar-refractivity contribution in [1.82, 2.24) is 9.78 Å². The quantitative estimate of drug-likeness (QED) is 0.468. The fraction of sp³-hybridized carbons (Fsp3) is 0.160. The molecule has 1 heterocycles. The van der Waals surface area contributed by atoms with E-state index in [1.165, 1.54) is 5.56 Å². The summed E-state index contributed by atoms with van der Waals surface area (Å²) >= 11 is 0. The van der Waals surface area contributed by atoms with Gasteiger partial charge in [-0.2, -0.15) is 5.10 Å². The Morgan fingerprint density at radius 2 is 1.38 bits per heavy atom. The van der Waals surface area contributed by atoms with Crippen LogP contribution in [-0.4, -0.2) is 20.0 Å². The Labute approximate surface area is 170 Å². The highest BCUT2D eigenvalue weighted by atomic mass is 16.3. The molecule has 0 amide bonds. The first-order chi connectivity index (χ1) is 14.0. The van der Waals surface area contributed by atoms with E-state index in [1.54, 1.807) is 24.3 Å². The van der Waals surface area contributed by atoms with Crippen LogP contribution in [0.2, 0.25) is 0 Å². The van der Waals surface area contributed by atoms with Crippen molar-refractivity contribution in [1.29, 1.82) is 0 Å². The molecule has 4 nitrogen and oxygen atoms in total. The van der Waals surface area contributed by atoms with Crippen LogP contribution in [0.4, 0.5) is 0 Å². The van der Waals surface area contributed by atoms with Crippen molar-refractivity contribution in [2.24, 2.45) is 0 Å². The van der Waals surface area contributed by atoms with Crippen LogP contribution in [0, 0.1) is 13.8 Å². The van der Waals surface area contributed by atoms with Gasteiger partial charge in [-0.05, 0) is 80.4 Å². The second-order valence-electron chi connectivity index (χ2n) is 7.32. The Kier molecular flexibility index (Phi) is 4.85. The monoisotopic (exact) mass is 384 g/mol. The summed E-state index contributed by atoms with van der Waals surface area (Å²) in [7, 11) is 0. The average Bonchev–Trinajstić information content (AvgIpc) is 3.08. The maximum atomic E-state index is 9.75. The lowest BCUT2D eigenvalue weighted by atomic mass is 9.99. The lowest BCUT2D eigenvalue weighted by Gasteiger charge is -2.12. The molecule has 0 atom stereocenters. The van der Waals surface area contributed by atoms with Crippen molar-refractivity contribution < 1.29 is 10.2 Å². The first-order valence-electron chi connectivity index (χ1n) is 9.76. The van der Waals surface area contributed by atoms with Gasteiger partial charge in [-0.3, -0.25) is 0 Å². The molecule has 4 heteroatoms. The number of hydrogen-bond donors (Lipinski definition) is 2. The van der Waals surface area contributed by atoms with E-state index < -0.39 is 0 Å². The number of hydrogen-bond acceptors (Lipinski definition) is 3. The van der Waals surface area contributed by atoms with Crippen LogP contribution in [0.25, 0.3) is 28.2 Å². The molecule has 0 bridgehead atoms. The molecule has 4 aromatic rings. The van der Waals surface area contributed by atoms with Gasteiger partial charge in [0, 0.05) is 16.7 Å². The fourth-order valence-corrected chi connectivity index (χ4v) is 3.77. The second kappa shape index (κ2) is 7.47. The van der Waals surface area contributed by atoms with E-state index in [2.05, 4.69) is 39.0 Å². The molecule has 0 aliphatic rings. The zero-order chi connectivity index (χ0) is 20.5. The molecular weight excluding hydrogens is 360 g/mol. The zero-order valence-corrected chi connectivity index (χ0v) is 16.8. The smallest absolute Gasteiger partial charge is 0.115 e. The molecule has 0 spiro atoms. The molecule has 0 saturated heterocycles. The van der Waals surface area contributed by atoms with Crippen molar-refractivity contribution >= 4 is 0 Å². The van der Waals surface area contributed by atoms with Gasteiger partial charge in [0.2, 0.25) is 0 Å². The number of phenolic OH excluding ortho intramolecular Hbond substituents is 2. The van der Waals surface area contributed by atoms with Crippen LogP contribution in [0.3, 0.4) is 0 Å². The van der Waals surface area contributed by atoms with Gasteiger partial charge in [0.05, 0.1) is 17.1 Å². The lowest BCUT2D eigenvalue weighted by Crippen LogP contribution is -2.02. The summed E-state index contributed by atoms with van der Waals surface area (Å²) in [6, 6.07) is 20.8. The summed E-state index contributed by atoms with van der Waals surface area (Å²) in [6.07, 6.45) is 0.803. The summed E-state index contributed by atoms with van der Waals surface area (Å²) in [6.45, 7) is 6.30. The number of aromatic hydroxyl groups is 2. The first kappa shape index (κ1) is 18.8. The molecule has 0 saturated carbocycles. The molecule has 0 aliphatic carbocycles. The van der Waals surface area contributed by atoms with Crippen molar-refractivity contribution in [2.45, 2.75) is 27.2 Å². The van der Waals surface area contributed by atoms with Crippen LogP contribution < -0.4 is 0 Å². The van der Waals surface area contributed by atoms with E-state index in [9.17, 15) is 10.2 Å². The van der Waals surface area contributed by atoms with Gasteiger partial charge < -0.3 is 10.2 Å². The van der Waals surface area contributed by atoms with Crippen molar-refractivity contribution in [3.63, 3.8) is 0 Å². The summed E-state index contributed by atoms with van der Waals surface area (Å²) < 4.78 is 2.00. The van der Waals surface area contributed by atoms with Gasteiger partial charge in [0.1, 0.15) is 11.5 Å². The Balaban J connectivity index is 2.02. The minimum absolute atomic E-state index is 0.236. The van der Waals surface area contributed by atoms with Gasteiger partial charge in [-0.25, -0.2) is 4.68 Å². The molecular formula is C25H24N2O2. The SMILES string of the molecule is CCc1c(-c2ccc(O)cc2)nn(-c2ccc(C)cc2C)c1-c1ccc(O)cc1. The standard InChI is InChI=1S/C25H24N2O2/c1-4-22-24(18-6-10-20(28)11-7-18)26-27(23-14-5-16(2)15-17(23)3)25(22)19-8-12-21(29)13-9-19/h5-15,28-29H,4H2,1-3H3. The van der Waals surface area contributed by atoms with Crippen LogP contribution in [-0.2, 0) is 6.42 Å². The number of nitrogens with zero attached hydrogens (tertiary/aromatic N) is 2. The number of benzene rings is 3. The van der Waals surface area contributed by atoms with Crippen molar-refractivity contribution in [3.8, 4) is 39.7 Å². The van der Waals surface area contributed by atoms with Gasteiger partial charge in [-0.1, -0.05) is 24.6 Å². The van der Waals surface area contributed by atoms with Crippen LogP contribution >= 0.6 is 0 Å². The van der Waals surface area contributed by atoms with E-state index in [0.29, 0.717) is 0 Å². The molecule has 1 aromatic heterocycles. The number of phenols is 2. The van der Waals surface area contributed by atoms with E-state index in [1.807, 2.05) is 28.9 Å². The Morgan fingerprint density at radius 1 is 0.793 bits per heavy atom. The molecule has 0 radical (unpaired) electrons. The topological polar surface area (TPSA) is 58.3 Å². The third-order valence-electron chi connectivity index (χ3n) is 5.20. The summed E-state index contributed by atoms with van der Waals surface area (Å²) in [5.74, 6) is 0.475. The van der Waals surface area contributed by atoms with Gasteiger partial charge in [0.25, 0.3) is 0 Å². The van der Waals surface area contributed by atoms with E-state index >= 15 is 0 Å². The Morgan fingerprint density at radius 3 is 1.93 bits per heavy atom. The normalized spacial score (nSPS) is 11.0. The molecule has 29 heavy (non-hydrogen) atoms. The maximum absolute atomic E-state index is 9.75. The highest BCUT2D eigenvalue weighted by Gasteiger charge is 2.21. The Bertz CT molecular complexity index is 1160. The molecule has 4 rings (SSSR count). The molecule has 146 valence electrons.